The summed E-state index contributed by atoms with van der Waals surface area (Å²) in [5.41, 5.74) is 6.81. The Morgan fingerprint density at radius 2 is 2.00 bits per heavy atom. The molecular weight excluding hydrogens is 244 g/mol. The molecule has 19 heavy (non-hydrogen) atoms. The summed E-state index contributed by atoms with van der Waals surface area (Å²) in [7, 11) is 0. The number of hydrogen-bond acceptors (Lipinski definition) is 3. The molecule has 0 radical (unpaired) electrons. The lowest BCUT2D eigenvalue weighted by Gasteiger charge is -2.37. The Hall–Kier alpha value is -1.88. The maximum absolute atomic E-state index is 11.9. The van der Waals surface area contributed by atoms with Gasteiger partial charge in [-0.3, -0.25) is 9.59 Å². The predicted octanol–water partition coefficient (Wildman–Crippen LogP) is 1.52. The minimum absolute atomic E-state index is 0.107. The second-order valence-corrected chi connectivity index (χ2v) is 5.17. The number of nitrogens with two attached hydrogens (primary N) is 1. The number of anilines is 1. The summed E-state index contributed by atoms with van der Waals surface area (Å²) in [5, 5.41) is 11.6. The maximum Gasteiger partial charge on any atom is 0.307 e. The van der Waals surface area contributed by atoms with Crippen LogP contribution in [0, 0.1) is 0 Å². The van der Waals surface area contributed by atoms with Crippen LogP contribution in [0.3, 0.4) is 0 Å². The van der Waals surface area contributed by atoms with Gasteiger partial charge < -0.3 is 16.2 Å². The molecule has 1 aromatic carbocycles. The molecule has 1 aliphatic rings. The van der Waals surface area contributed by atoms with Crippen molar-refractivity contribution in [2.24, 2.45) is 5.73 Å². The van der Waals surface area contributed by atoms with Gasteiger partial charge in [-0.25, -0.2) is 0 Å². The number of amides is 1. The number of carbonyl (C=O) groups excluding carboxylic acids is 1. The minimum Gasteiger partial charge on any atom is -0.481 e. The first-order chi connectivity index (χ1) is 8.98. The molecule has 1 aromatic rings. The molecule has 0 heterocycles. The van der Waals surface area contributed by atoms with Crippen molar-refractivity contribution in [2.45, 2.75) is 37.6 Å². The highest BCUT2D eigenvalue weighted by molar-refractivity contribution is 5.93. The summed E-state index contributed by atoms with van der Waals surface area (Å²) < 4.78 is 0. The fraction of sp³-hybridized carbons (Fsp3) is 0.429. The largest absolute Gasteiger partial charge is 0.481 e. The van der Waals surface area contributed by atoms with Crippen molar-refractivity contribution >= 4 is 17.6 Å². The Bertz CT molecular complexity index is 495. The van der Waals surface area contributed by atoms with Gasteiger partial charge in [0.05, 0.1) is 6.42 Å². The van der Waals surface area contributed by atoms with Crippen LogP contribution in [-0.4, -0.2) is 22.5 Å². The molecule has 5 heteroatoms. The highest BCUT2D eigenvalue weighted by Gasteiger charge is 2.34. The van der Waals surface area contributed by atoms with Crippen LogP contribution in [0.4, 0.5) is 5.69 Å². The van der Waals surface area contributed by atoms with Gasteiger partial charge in [-0.15, -0.1) is 0 Å². The summed E-state index contributed by atoms with van der Waals surface area (Å²) in [4.78, 5) is 22.7. The smallest absolute Gasteiger partial charge is 0.307 e. The first-order valence-electron chi connectivity index (χ1n) is 6.37. The molecule has 1 amide bonds. The average Bonchev–Trinajstić information content (AvgIpc) is 2.29. The van der Waals surface area contributed by atoms with Gasteiger partial charge in [-0.1, -0.05) is 18.2 Å². The van der Waals surface area contributed by atoms with Crippen LogP contribution in [-0.2, 0) is 16.0 Å². The number of benzene rings is 1. The third kappa shape index (κ3) is 3.54. The molecule has 102 valence electrons. The van der Waals surface area contributed by atoms with Crippen molar-refractivity contribution in [2.75, 3.05) is 5.32 Å². The molecule has 1 fully saturated rings. The van der Waals surface area contributed by atoms with Crippen LogP contribution >= 0.6 is 0 Å². The first kappa shape index (κ1) is 13.5. The van der Waals surface area contributed by atoms with Crippen molar-refractivity contribution < 1.29 is 14.7 Å². The summed E-state index contributed by atoms with van der Waals surface area (Å²) in [6.45, 7) is 0. The highest BCUT2D eigenvalue weighted by atomic mass is 16.4. The van der Waals surface area contributed by atoms with Crippen molar-refractivity contribution in [3.63, 3.8) is 0 Å². The SMILES string of the molecule is NC1(CC(=O)Nc2ccccc2CC(=O)O)CCC1. The lowest BCUT2D eigenvalue weighted by atomic mass is 9.75. The van der Waals surface area contributed by atoms with Gasteiger partial charge in [0.25, 0.3) is 0 Å². The molecule has 1 aliphatic carbocycles. The van der Waals surface area contributed by atoms with Gasteiger partial charge in [-0.05, 0) is 30.9 Å². The quantitative estimate of drug-likeness (QED) is 0.750. The van der Waals surface area contributed by atoms with Crippen molar-refractivity contribution in [1.82, 2.24) is 0 Å². The number of aliphatic carboxylic acids is 1. The number of rotatable bonds is 5. The highest BCUT2D eigenvalue weighted by Crippen LogP contribution is 2.32. The van der Waals surface area contributed by atoms with E-state index >= 15 is 0 Å². The molecule has 4 N–H and O–H groups in total. The Morgan fingerprint density at radius 1 is 1.32 bits per heavy atom. The molecular formula is C14H18N2O3. The van der Waals surface area contributed by atoms with Crippen LogP contribution in [0.1, 0.15) is 31.2 Å². The minimum atomic E-state index is -0.920. The second-order valence-electron chi connectivity index (χ2n) is 5.17. The Balaban J connectivity index is 2.01. The Kier molecular flexibility index (Phi) is 3.85. The van der Waals surface area contributed by atoms with E-state index in [9.17, 15) is 9.59 Å². The van der Waals surface area contributed by atoms with E-state index in [1.54, 1.807) is 24.3 Å². The van der Waals surface area contributed by atoms with Crippen molar-refractivity contribution in [3.8, 4) is 0 Å². The molecule has 0 spiro atoms. The third-order valence-electron chi connectivity index (χ3n) is 3.50. The fourth-order valence-corrected chi connectivity index (χ4v) is 2.28. The lowest BCUT2D eigenvalue weighted by molar-refractivity contribution is -0.136. The number of carboxylic acids is 1. The monoisotopic (exact) mass is 262 g/mol. The lowest BCUT2D eigenvalue weighted by Crippen LogP contribution is -2.49. The van der Waals surface area contributed by atoms with E-state index < -0.39 is 5.97 Å². The van der Waals surface area contributed by atoms with Crippen LogP contribution < -0.4 is 11.1 Å². The van der Waals surface area contributed by atoms with Gasteiger partial charge in [0.2, 0.25) is 5.91 Å². The van der Waals surface area contributed by atoms with Gasteiger partial charge in [0, 0.05) is 17.6 Å². The van der Waals surface area contributed by atoms with Gasteiger partial charge in [0.1, 0.15) is 0 Å². The number of nitrogens with one attached hydrogen (secondary N) is 1. The number of carbonyl (C=O) groups is 2. The topological polar surface area (TPSA) is 92.4 Å². The molecule has 0 atom stereocenters. The van der Waals surface area contributed by atoms with E-state index in [4.69, 9.17) is 10.8 Å². The number of para-hydroxylation sites is 1. The summed E-state index contributed by atoms with van der Waals surface area (Å²) in [6.07, 6.45) is 2.99. The Labute approximate surface area is 111 Å². The molecule has 1 saturated carbocycles. The van der Waals surface area contributed by atoms with Crippen molar-refractivity contribution in [1.29, 1.82) is 0 Å². The van der Waals surface area contributed by atoms with E-state index in [2.05, 4.69) is 5.32 Å². The Morgan fingerprint density at radius 3 is 2.58 bits per heavy atom. The number of hydrogen-bond donors (Lipinski definition) is 3. The summed E-state index contributed by atoms with van der Waals surface area (Å²) in [5.74, 6) is -1.07. The van der Waals surface area contributed by atoms with Gasteiger partial charge >= 0.3 is 5.97 Å². The van der Waals surface area contributed by atoms with Crippen LogP contribution in [0.25, 0.3) is 0 Å². The van der Waals surface area contributed by atoms with Crippen LogP contribution in [0.15, 0.2) is 24.3 Å². The van der Waals surface area contributed by atoms with E-state index in [-0.39, 0.29) is 24.3 Å². The van der Waals surface area contributed by atoms with E-state index in [1.165, 1.54) is 0 Å². The number of carboxylic acid groups (broad SMARTS) is 1. The molecule has 5 nitrogen and oxygen atoms in total. The van der Waals surface area contributed by atoms with E-state index in [1.807, 2.05) is 0 Å². The molecule has 0 unspecified atom stereocenters. The zero-order valence-electron chi connectivity index (χ0n) is 10.7. The molecule has 0 aliphatic heterocycles. The predicted molar refractivity (Wildman–Crippen MR) is 71.8 cm³/mol. The maximum atomic E-state index is 11.9. The third-order valence-corrected chi connectivity index (χ3v) is 3.50. The van der Waals surface area contributed by atoms with Gasteiger partial charge in [-0.2, -0.15) is 0 Å². The summed E-state index contributed by atoms with van der Waals surface area (Å²) >= 11 is 0. The van der Waals surface area contributed by atoms with Gasteiger partial charge in [0.15, 0.2) is 0 Å². The molecule has 0 saturated heterocycles. The fourth-order valence-electron chi connectivity index (χ4n) is 2.28. The second kappa shape index (κ2) is 5.40. The zero-order valence-corrected chi connectivity index (χ0v) is 10.7. The van der Waals surface area contributed by atoms with Crippen LogP contribution in [0.2, 0.25) is 0 Å². The summed E-state index contributed by atoms with van der Waals surface area (Å²) in [6, 6.07) is 6.93. The average molecular weight is 262 g/mol. The zero-order chi connectivity index (χ0) is 13.9. The molecule has 2 rings (SSSR count). The van der Waals surface area contributed by atoms with E-state index in [0.717, 1.165) is 19.3 Å². The molecule has 0 aromatic heterocycles. The normalized spacial score (nSPS) is 16.5. The van der Waals surface area contributed by atoms with E-state index in [0.29, 0.717) is 11.3 Å². The standard InChI is InChI=1S/C14H18N2O3/c15-14(6-3-7-14)9-12(17)16-11-5-2-1-4-10(11)8-13(18)19/h1-2,4-5H,3,6-9,15H2,(H,16,17)(H,18,19). The van der Waals surface area contributed by atoms with Crippen molar-refractivity contribution in [3.05, 3.63) is 29.8 Å². The molecule has 0 bridgehead atoms. The first-order valence-corrected chi connectivity index (χ1v) is 6.37. The van der Waals surface area contributed by atoms with Crippen LogP contribution in [0.5, 0.6) is 0 Å².